The predicted molar refractivity (Wildman–Crippen MR) is 92.0 cm³/mol. The van der Waals surface area contributed by atoms with Crippen molar-refractivity contribution in [1.82, 2.24) is 5.32 Å². The Bertz CT molecular complexity index is 688. The molecule has 0 saturated heterocycles. The number of halogens is 1. The van der Waals surface area contributed by atoms with Crippen LogP contribution >= 0.6 is 0 Å². The SMILES string of the molecule is O=C(NCCCCOc1ccc(F)cc1)N1CCc2ccccc21. The molecule has 0 radical (unpaired) electrons. The van der Waals surface area contributed by atoms with Gasteiger partial charge in [-0.2, -0.15) is 0 Å². The van der Waals surface area contributed by atoms with Gasteiger partial charge in [-0.25, -0.2) is 9.18 Å². The molecule has 2 amide bonds. The minimum atomic E-state index is -0.270. The fourth-order valence-corrected chi connectivity index (χ4v) is 2.79. The van der Waals surface area contributed by atoms with Crippen molar-refractivity contribution in [3.63, 3.8) is 0 Å². The van der Waals surface area contributed by atoms with E-state index < -0.39 is 0 Å². The van der Waals surface area contributed by atoms with Crippen LogP contribution in [-0.2, 0) is 6.42 Å². The highest BCUT2D eigenvalue weighted by atomic mass is 19.1. The van der Waals surface area contributed by atoms with E-state index in [1.54, 1.807) is 17.0 Å². The van der Waals surface area contributed by atoms with Crippen LogP contribution in [0.4, 0.5) is 14.9 Å². The number of anilines is 1. The molecule has 0 fully saturated rings. The van der Waals surface area contributed by atoms with Crippen molar-refractivity contribution in [2.75, 3.05) is 24.6 Å². The Labute approximate surface area is 141 Å². The number of benzene rings is 2. The minimum Gasteiger partial charge on any atom is -0.494 e. The third kappa shape index (κ3) is 4.04. The largest absolute Gasteiger partial charge is 0.494 e. The maximum absolute atomic E-state index is 12.8. The highest BCUT2D eigenvalue weighted by Crippen LogP contribution is 2.27. The lowest BCUT2D eigenvalue weighted by atomic mass is 10.2. The summed E-state index contributed by atoms with van der Waals surface area (Å²) in [6.07, 6.45) is 2.58. The number of urea groups is 1. The summed E-state index contributed by atoms with van der Waals surface area (Å²) in [5.41, 5.74) is 2.23. The van der Waals surface area contributed by atoms with Gasteiger partial charge in [0.15, 0.2) is 0 Å². The first-order chi connectivity index (χ1) is 11.7. The van der Waals surface area contributed by atoms with Gasteiger partial charge in [-0.05, 0) is 55.2 Å². The Kier molecular flexibility index (Phi) is 5.31. The second-order valence-electron chi connectivity index (χ2n) is 5.77. The van der Waals surface area contributed by atoms with Crippen LogP contribution in [0, 0.1) is 5.82 Å². The van der Waals surface area contributed by atoms with E-state index in [0.717, 1.165) is 31.5 Å². The van der Waals surface area contributed by atoms with Crippen molar-refractivity contribution >= 4 is 11.7 Å². The van der Waals surface area contributed by atoms with E-state index >= 15 is 0 Å². The first-order valence-corrected chi connectivity index (χ1v) is 8.26. The standard InChI is InChI=1S/C19H21FN2O2/c20-16-7-9-17(10-8-16)24-14-4-3-12-21-19(23)22-13-11-15-5-1-2-6-18(15)22/h1-2,5-10H,3-4,11-14H2,(H,21,23). The zero-order valence-corrected chi connectivity index (χ0v) is 13.5. The first kappa shape index (κ1) is 16.3. The van der Waals surface area contributed by atoms with Crippen LogP contribution in [0.2, 0.25) is 0 Å². The monoisotopic (exact) mass is 328 g/mol. The van der Waals surface area contributed by atoms with Gasteiger partial charge >= 0.3 is 6.03 Å². The summed E-state index contributed by atoms with van der Waals surface area (Å²) < 4.78 is 18.3. The van der Waals surface area contributed by atoms with Crippen LogP contribution in [0.5, 0.6) is 5.75 Å². The number of hydrogen-bond donors (Lipinski definition) is 1. The maximum atomic E-state index is 12.8. The van der Waals surface area contributed by atoms with Gasteiger partial charge in [0.05, 0.1) is 6.61 Å². The van der Waals surface area contributed by atoms with Crippen molar-refractivity contribution in [2.24, 2.45) is 0 Å². The number of unbranched alkanes of at least 4 members (excludes halogenated alkanes) is 1. The molecule has 0 atom stereocenters. The number of carbonyl (C=O) groups is 1. The second-order valence-corrected chi connectivity index (χ2v) is 5.77. The molecule has 24 heavy (non-hydrogen) atoms. The predicted octanol–water partition coefficient (Wildman–Crippen LogP) is 3.76. The molecule has 0 bridgehead atoms. The zero-order valence-electron chi connectivity index (χ0n) is 13.5. The smallest absolute Gasteiger partial charge is 0.321 e. The number of rotatable bonds is 6. The summed E-state index contributed by atoms with van der Waals surface area (Å²) in [6, 6.07) is 13.9. The van der Waals surface area contributed by atoms with Crippen molar-refractivity contribution in [3.05, 3.63) is 59.9 Å². The molecular formula is C19H21FN2O2. The summed E-state index contributed by atoms with van der Waals surface area (Å²) >= 11 is 0. The zero-order chi connectivity index (χ0) is 16.8. The Hall–Kier alpha value is -2.56. The van der Waals surface area contributed by atoms with Crippen LogP contribution in [0.1, 0.15) is 18.4 Å². The number of carbonyl (C=O) groups excluding carboxylic acids is 1. The summed E-state index contributed by atoms with van der Waals surface area (Å²) in [5.74, 6) is 0.391. The summed E-state index contributed by atoms with van der Waals surface area (Å²) in [7, 11) is 0. The number of hydrogen-bond acceptors (Lipinski definition) is 2. The number of ether oxygens (including phenoxy) is 1. The van der Waals surface area contributed by atoms with Crippen molar-refractivity contribution in [3.8, 4) is 5.75 Å². The van der Waals surface area contributed by atoms with E-state index in [1.807, 2.05) is 18.2 Å². The third-order valence-corrected chi connectivity index (χ3v) is 4.06. The molecule has 0 unspecified atom stereocenters. The van der Waals surface area contributed by atoms with Crippen molar-refractivity contribution < 1.29 is 13.9 Å². The first-order valence-electron chi connectivity index (χ1n) is 8.26. The van der Waals surface area contributed by atoms with Gasteiger partial charge in [-0.3, -0.25) is 4.90 Å². The van der Waals surface area contributed by atoms with E-state index in [1.165, 1.54) is 17.7 Å². The molecule has 1 aliphatic heterocycles. The molecule has 0 spiro atoms. The number of fused-ring (bicyclic) bond motifs is 1. The van der Waals surface area contributed by atoms with Gasteiger partial charge in [-0.1, -0.05) is 18.2 Å². The topological polar surface area (TPSA) is 41.6 Å². The van der Waals surface area contributed by atoms with Crippen LogP contribution in [0.25, 0.3) is 0 Å². The van der Waals surface area contributed by atoms with E-state index in [-0.39, 0.29) is 11.8 Å². The molecule has 1 heterocycles. The summed E-state index contributed by atoms with van der Waals surface area (Å²) in [5, 5.41) is 2.95. The minimum absolute atomic E-state index is 0.0422. The van der Waals surface area contributed by atoms with Crippen LogP contribution in [-0.4, -0.2) is 25.7 Å². The van der Waals surface area contributed by atoms with Crippen molar-refractivity contribution in [1.29, 1.82) is 0 Å². The molecule has 1 N–H and O–H groups in total. The number of amides is 2. The Balaban J connectivity index is 1.34. The maximum Gasteiger partial charge on any atom is 0.321 e. The fraction of sp³-hybridized carbons (Fsp3) is 0.316. The molecule has 0 aromatic heterocycles. The van der Waals surface area contributed by atoms with Gasteiger partial charge < -0.3 is 10.1 Å². The number of para-hydroxylation sites is 1. The molecule has 1 aliphatic rings. The number of nitrogens with one attached hydrogen (secondary N) is 1. The van der Waals surface area contributed by atoms with Gasteiger partial charge in [0.25, 0.3) is 0 Å². The van der Waals surface area contributed by atoms with Gasteiger partial charge in [0, 0.05) is 18.8 Å². The van der Waals surface area contributed by atoms with Gasteiger partial charge in [0.2, 0.25) is 0 Å². The molecule has 5 heteroatoms. The highest BCUT2D eigenvalue weighted by molar-refractivity contribution is 5.94. The Morgan fingerprint density at radius 1 is 1.12 bits per heavy atom. The van der Waals surface area contributed by atoms with E-state index in [0.29, 0.717) is 18.9 Å². The Morgan fingerprint density at radius 3 is 2.75 bits per heavy atom. The van der Waals surface area contributed by atoms with Crippen molar-refractivity contribution in [2.45, 2.75) is 19.3 Å². The molecule has 3 rings (SSSR count). The lowest BCUT2D eigenvalue weighted by molar-refractivity contribution is 0.245. The van der Waals surface area contributed by atoms with Crippen LogP contribution < -0.4 is 15.0 Å². The van der Waals surface area contributed by atoms with Crippen LogP contribution in [0.15, 0.2) is 48.5 Å². The summed E-state index contributed by atoms with van der Waals surface area (Å²) in [6.45, 7) is 1.90. The molecule has 2 aromatic rings. The second kappa shape index (κ2) is 7.81. The van der Waals surface area contributed by atoms with Crippen LogP contribution in [0.3, 0.4) is 0 Å². The van der Waals surface area contributed by atoms with E-state index in [4.69, 9.17) is 4.74 Å². The Morgan fingerprint density at radius 2 is 1.92 bits per heavy atom. The van der Waals surface area contributed by atoms with Gasteiger partial charge in [0.1, 0.15) is 11.6 Å². The summed E-state index contributed by atoms with van der Waals surface area (Å²) in [4.78, 5) is 14.0. The lowest BCUT2D eigenvalue weighted by Crippen LogP contribution is -2.39. The highest BCUT2D eigenvalue weighted by Gasteiger charge is 2.23. The van der Waals surface area contributed by atoms with Gasteiger partial charge in [-0.15, -0.1) is 0 Å². The number of nitrogens with zero attached hydrogens (tertiary/aromatic N) is 1. The molecule has 2 aromatic carbocycles. The third-order valence-electron chi connectivity index (χ3n) is 4.06. The molecule has 4 nitrogen and oxygen atoms in total. The average Bonchev–Trinajstić information content (AvgIpc) is 3.03. The quantitative estimate of drug-likeness (QED) is 0.821. The average molecular weight is 328 g/mol. The molecule has 0 saturated carbocycles. The molecule has 0 aliphatic carbocycles. The van der Waals surface area contributed by atoms with E-state index in [9.17, 15) is 9.18 Å². The lowest BCUT2D eigenvalue weighted by Gasteiger charge is -2.18. The van der Waals surface area contributed by atoms with E-state index in [2.05, 4.69) is 11.4 Å². The molecule has 126 valence electrons. The molecular weight excluding hydrogens is 307 g/mol. The fourth-order valence-electron chi connectivity index (χ4n) is 2.79. The normalized spacial score (nSPS) is 12.8.